The van der Waals surface area contributed by atoms with Crippen molar-refractivity contribution in [1.29, 1.82) is 0 Å². The predicted octanol–water partition coefficient (Wildman–Crippen LogP) is 3.21. The van der Waals surface area contributed by atoms with Crippen molar-refractivity contribution in [2.24, 2.45) is 0 Å². The Hall–Kier alpha value is -2.27. The average Bonchev–Trinajstić information content (AvgIpc) is 2.93. The van der Waals surface area contributed by atoms with E-state index in [0.717, 1.165) is 5.69 Å². The minimum absolute atomic E-state index is 0.206. The van der Waals surface area contributed by atoms with Gasteiger partial charge in [-0.15, -0.1) is 21.8 Å². The topological polar surface area (TPSA) is 43.6 Å². The number of rotatable bonds is 3. The number of hydrogen-bond acceptors (Lipinski definition) is 3. The lowest BCUT2D eigenvalue weighted by atomic mass is 10.2. The second-order valence-corrected chi connectivity index (χ2v) is 4.37. The van der Waals surface area contributed by atoms with E-state index in [0.29, 0.717) is 17.3 Å². The number of aromatic nitrogens is 4. The maximum absolute atomic E-state index is 13.1. The summed E-state index contributed by atoms with van der Waals surface area (Å²) in [7, 11) is 0. The molecule has 3 aromatic rings. The zero-order valence-electron chi connectivity index (χ0n) is 10.4. The summed E-state index contributed by atoms with van der Waals surface area (Å²) in [5.41, 5.74) is 1.42. The van der Waals surface area contributed by atoms with Gasteiger partial charge in [-0.2, -0.15) is 0 Å². The van der Waals surface area contributed by atoms with Gasteiger partial charge in [-0.1, -0.05) is 6.07 Å². The van der Waals surface area contributed by atoms with Crippen molar-refractivity contribution in [3.8, 4) is 17.2 Å². The molecular formula is C14H10ClFN4. The maximum atomic E-state index is 13.1. The van der Waals surface area contributed by atoms with Crippen LogP contribution in [0.2, 0.25) is 0 Å². The molecule has 6 heteroatoms. The first-order chi connectivity index (χ1) is 9.79. The van der Waals surface area contributed by atoms with Crippen LogP contribution in [-0.4, -0.2) is 19.7 Å². The molecule has 4 nitrogen and oxygen atoms in total. The lowest BCUT2D eigenvalue weighted by molar-refractivity contribution is 0.627. The quantitative estimate of drug-likeness (QED) is 0.695. The lowest BCUT2D eigenvalue weighted by Crippen LogP contribution is -2.02. The van der Waals surface area contributed by atoms with Crippen LogP contribution >= 0.6 is 11.6 Å². The maximum Gasteiger partial charge on any atom is 0.187 e. The summed E-state index contributed by atoms with van der Waals surface area (Å²) in [6, 6.07) is 11.6. The van der Waals surface area contributed by atoms with E-state index in [-0.39, 0.29) is 11.7 Å². The van der Waals surface area contributed by atoms with Crippen molar-refractivity contribution in [1.82, 2.24) is 19.7 Å². The zero-order valence-corrected chi connectivity index (χ0v) is 11.1. The van der Waals surface area contributed by atoms with Crippen molar-refractivity contribution in [3.05, 3.63) is 60.3 Å². The number of nitrogens with zero attached hydrogens (tertiary/aromatic N) is 4. The fraction of sp³-hybridized carbons (Fsp3) is 0.0714. The largest absolute Gasteiger partial charge is 0.277 e. The standard InChI is InChI=1S/C14H10ClFN4/c15-9-13-18-19-14(12-3-1-2-8-17-12)20(13)11-6-4-10(16)5-7-11/h1-8H,9H2. The molecule has 2 aromatic heterocycles. The van der Waals surface area contributed by atoms with Crippen LogP contribution in [0, 0.1) is 5.82 Å². The Morgan fingerprint density at radius 2 is 1.85 bits per heavy atom. The van der Waals surface area contributed by atoms with Gasteiger partial charge in [0.1, 0.15) is 11.5 Å². The molecule has 0 radical (unpaired) electrons. The summed E-state index contributed by atoms with van der Waals surface area (Å²) in [4.78, 5) is 4.26. The Kier molecular flexibility index (Phi) is 3.43. The molecule has 0 fully saturated rings. The molecule has 0 saturated carbocycles. The molecular weight excluding hydrogens is 279 g/mol. The van der Waals surface area contributed by atoms with E-state index in [4.69, 9.17) is 11.6 Å². The van der Waals surface area contributed by atoms with Crippen molar-refractivity contribution >= 4 is 11.6 Å². The third kappa shape index (κ3) is 2.28. The van der Waals surface area contributed by atoms with Gasteiger partial charge in [-0.25, -0.2) is 4.39 Å². The Morgan fingerprint density at radius 1 is 1.05 bits per heavy atom. The van der Waals surface area contributed by atoms with E-state index in [1.807, 2.05) is 18.2 Å². The van der Waals surface area contributed by atoms with Crippen molar-refractivity contribution < 1.29 is 4.39 Å². The minimum atomic E-state index is -0.298. The average molecular weight is 289 g/mol. The van der Waals surface area contributed by atoms with Gasteiger partial charge in [-0.3, -0.25) is 9.55 Å². The summed E-state index contributed by atoms with van der Waals surface area (Å²) in [6.07, 6.45) is 1.68. The summed E-state index contributed by atoms with van der Waals surface area (Å²) < 4.78 is 14.8. The molecule has 0 atom stereocenters. The molecule has 0 aliphatic carbocycles. The molecule has 3 rings (SSSR count). The third-order valence-corrected chi connectivity index (χ3v) is 3.07. The zero-order chi connectivity index (χ0) is 13.9. The molecule has 2 heterocycles. The Labute approximate surface area is 119 Å². The first-order valence-corrected chi connectivity index (χ1v) is 6.50. The number of benzene rings is 1. The van der Waals surface area contributed by atoms with Crippen molar-refractivity contribution in [2.45, 2.75) is 5.88 Å². The van der Waals surface area contributed by atoms with Crippen LogP contribution in [0.15, 0.2) is 48.7 Å². The molecule has 100 valence electrons. The Morgan fingerprint density at radius 3 is 2.50 bits per heavy atom. The van der Waals surface area contributed by atoms with E-state index in [2.05, 4.69) is 15.2 Å². The van der Waals surface area contributed by atoms with Gasteiger partial charge >= 0.3 is 0 Å². The van der Waals surface area contributed by atoms with Gasteiger partial charge in [0.2, 0.25) is 0 Å². The number of alkyl halides is 1. The first kappa shape index (κ1) is 12.7. The molecule has 0 bridgehead atoms. The minimum Gasteiger partial charge on any atom is -0.277 e. The molecule has 0 saturated heterocycles. The van der Waals surface area contributed by atoms with Gasteiger partial charge in [0.25, 0.3) is 0 Å². The highest BCUT2D eigenvalue weighted by molar-refractivity contribution is 6.16. The van der Waals surface area contributed by atoms with Gasteiger partial charge in [0.05, 0.1) is 5.88 Å². The van der Waals surface area contributed by atoms with Crippen LogP contribution in [0.3, 0.4) is 0 Å². The summed E-state index contributed by atoms with van der Waals surface area (Å²) in [5.74, 6) is 1.07. The molecule has 0 aliphatic rings. The fourth-order valence-electron chi connectivity index (χ4n) is 1.93. The molecule has 0 amide bonds. The highest BCUT2D eigenvalue weighted by Gasteiger charge is 2.15. The summed E-state index contributed by atoms with van der Waals surface area (Å²) >= 11 is 5.90. The number of hydrogen-bond donors (Lipinski definition) is 0. The van der Waals surface area contributed by atoms with Gasteiger partial charge in [0, 0.05) is 11.9 Å². The van der Waals surface area contributed by atoms with Crippen LogP contribution in [0.4, 0.5) is 4.39 Å². The van der Waals surface area contributed by atoms with Gasteiger partial charge in [0.15, 0.2) is 11.6 Å². The van der Waals surface area contributed by atoms with Gasteiger partial charge < -0.3 is 0 Å². The number of halogens is 2. The van der Waals surface area contributed by atoms with E-state index in [1.165, 1.54) is 12.1 Å². The highest BCUT2D eigenvalue weighted by Crippen LogP contribution is 2.22. The van der Waals surface area contributed by atoms with Gasteiger partial charge in [-0.05, 0) is 36.4 Å². The molecule has 0 spiro atoms. The van der Waals surface area contributed by atoms with Crippen molar-refractivity contribution in [2.75, 3.05) is 0 Å². The SMILES string of the molecule is Fc1ccc(-n2c(CCl)nnc2-c2ccccn2)cc1. The summed E-state index contributed by atoms with van der Waals surface area (Å²) in [6.45, 7) is 0. The van der Waals surface area contributed by atoms with E-state index >= 15 is 0 Å². The third-order valence-electron chi connectivity index (χ3n) is 2.83. The van der Waals surface area contributed by atoms with Crippen LogP contribution in [-0.2, 0) is 5.88 Å². The molecule has 1 aromatic carbocycles. The van der Waals surface area contributed by atoms with Crippen molar-refractivity contribution in [3.63, 3.8) is 0 Å². The Balaban J connectivity index is 2.18. The van der Waals surface area contributed by atoms with E-state index in [1.54, 1.807) is 22.9 Å². The summed E-state index contributed by atoms with van der Waals surface area (Å²) in [5, 5.41) is 8.19. The monoisotopic (exact) mass is 288 g/mol. The van der Waals surface area contributed by atoms with Crippen LogP contribution in [0.1, 0.15) is 5.82 Å². The molecule has 0 unspecified atom stereocenters. The normalized spacial score (nSPS) is 10.7. The Bertz CT molecular complexity index is 710. The molecule has 20 heavy (non-hydrogen) atoms. The first-order valence-electron chi connectivity index (χ1n) is 5.97. The van der Waals surface area contributed by atoms with E-state index in [9.17, 15) is 4.39 Å². The molecule has 0 N–H and O–H groups in total. The predicted molar refractivity (Wildman–Crippen MR) is 74.1 cm³/mol. The second kappa shape index (κ2) is 5.38. The lowest BCUT2D eigenvalue weighted by Gasteiger charge is -2.08. The van der Waals surface area contributed by atoms with Crippen LogP contribution in [0.5, 0.6) is 0 Å². The second-order valence-electron chi connectivity index (χ2n) is 4.10. The number of pyridine rings is 1. The van der Waals surface area contributed by atoms with Crippen LogP contribution < -0.4 is 0 Å². The molecule has 0 aliphatic heterocycles. The fourth-order valence-corrected chi connectivity index (χ4v) is 2.10. The smallest absolute Gasteiger partial charge is 0.187 e. The van der Waals surface area contributed by atoms with E-state index < -0.39 is 0 Å². The van der Waals surface area contributed by atoms with Crippen LogP contribution in [0.25, 0.3) is 17.2 Å². The highest BCUT2D eigenvalue weighted by atomic mass is 35.5.